The van der Waals surface area contributed by atoms with Crippen molar-refractivity contribution in [3.05, 3.63) is 81.7 Å². The van der Waals surface area contributed by atoms with E-state index >= 15 is 0 Å². The van der Waals surface area contributed by atoms with E-state index < -0.39 is 12.1 Å². The summed E-state index contributed by atoms with van der Waals surface area (Å²) in [7, 11) is 1.21. The average molecular weight is 565 g/mol. The number of nitrogens with zero attached hydrogens (tertiary/aromatic N) is 2. The van der Waals surface area contributed by atoms with Crippen LogP contribution in [-0.2, 0) is 33.7 Å². The van der Waals surface area contributed by atoms with Gasteiger partial charge in [0.2, 0.25) is 5.91 Å². The molecule has 1 aromatic carbocycles. The van der Waals surface area contributed by atoms with Crippen LogP contribution in [0.15, 0.2) is 53.5 Å². The molecule has 0 bridgehead atoms. The second-order valence-corrected chi connectivity index (χ2v) is 10.4. The first-order valence-electron chi connectivity index (χ1n) is 14.1. The van der Waals surface area contributed by atoms with Gasteiger partial charge in [0.15, 0.2) is 5.78 Å². The number of aromatic nitrogens is 2. The molecule has 9 nitrogen and oxygen atoms in total. The van der Waals surface area contributed by atoms with Gasteiger partial charge < -0.3 is 24.5 Å². The summed E-state index contributed by atoms with van der Waals surface area (Å²) in [5.74, 6) is -0.694. The highest BCUT2D eigenvalue weighted by Crippen LogP contribution is 2.23. The molecule has 1 aliphatic heterocycles. The maximum absolute atomic E-state index is 14.1. The zero-order valence-electron chi connectivity index (χ0n) is 23.6. The van der Waals surface area contributed by atoms with E-state index in [-0.39, 0.29) is 42.5 Å². The lowest BCUT2D eigenvalue weighted by atomic mass is 10.0. The fraction of sp³-hybridized carbons (Fsp3) is 0.419. The molecule has 2 amide bonds. The quantitative estimate of drug-likeness (QED) is 0.319. The zero-order valence-corrected chi connectivity index (χ0v) is 23.6. The van der Waals surface area contributed by atoms with E-state index in [1.807, 2.05) is 13.0 Å². The number of ketones is 1. The topological polar surface area (TPSA) is 114 Å². The van der Waals surface area contributed by atoms with Crippen LogP contribution in [0.3, 0.4) is 0 Å². The Labute approximate surface area is 238 Å². The number of benzene rings is 1. The summed E-state index contributed by atoms with van der Waals surface area (Å²) in [4.78, 5) is 55.7. The predicted molar refractivity (Wildman–Crippen MR) is 154 cm³/mol. The molecule has 0 unspecified atom stereocenters. The number of nitrogens with one attached hydrogen (secondary N) is 2. The van der Waals surface area contributed by atoms with Gasteiger partial charge in [0.1, 0.15) is 5.82 Å². The third-order valence-electron chi connectivity index (χ3n) is 7.32. The molecule has 0 aliphatic carbocycles. The van der Waals surface area contributed by atoms with Crippen molar-refractivity contribution < 1.29 is 23.5 Å². The highest BCUT2D eigenvalue weighted by Gasteiger charge is 2.22. The molecule has 10 heteroatoms. The number of rotatable bonds is 12. The number of allylic oxidation sites excluding steroid dienone is 1. The van der Waals surface area contributed by atoms with Gasteiger partial charge in [-0.15, -0.1) is 0 Å². The molecule has 2 aromatic heterocycles. The number of hydrogen-bond acceptors (Lipinski definition) is 5. The minimum absolute atomic E-state index is 0.0576. The third kappa shape index (κ3) is 7.71. The molecular weight excluding hydrogens is 527 g/mol. The molecule has 1 aliphatic rings. The number of H-pyrrole nitrogens is 1. The van der Waals surface area contributed by atoms with Crippen LogP contribution in [0.4, 0.5) is 9.18 Å². The number of aryl methyl sites for hydroxylation is 1. The molecule has 0 radical (unpaired) electrons. The standard InChI is InChI=1S/C31H37FN4O5/c1-3-9-21-16-24(32)17-23-18-25(33-29(21)23)20-36-15-8-10-22(30(36)39)19-27(37)26(34-31(40)41-2)11-4-5-12-28(38)35-13-6-7-14-35/h5,8,10,12,15-18,26,33H,3-4,6-7,9,11,13-14,19-20H2,1-2H3,(H,34,40)/b12-5+/t26-/m0/s1. The zero-order chi connectivity index (χ0) is 29.4. The van der Waals surface area contributed by atoms with Gasteiger partial charge in [-0.2, -0.15) is 0 Å². The SMILES string of the molecule is CCCc1cc(F)cc2cc(Cn3cccc(CC(=O)[C@H](CC/C=C/C(=O)N4CCCC4)NC(=O)OC)c3=O)[nH]c12. The summed E-state index contributed by atoms with van der Waals surface area (Å²) in [6.07, 6.45) is 8.18. The van der Waals surface area contributed by atoms with E-state index in [1.165, 1.54) is 29.9 Å². The van der Waals surface area contributed by atoms with Crippen LogP contribution in [0.2, 0.25) is 0 Å². The van der Waals surface area contributed by atoms with Gasteiger partial charge in [-0.05, 0) is 68.0 Å². The number of fused-ring (bicyclic) bond motifs is 1. The van der Waals surface area contributed by atoms with Crippen molar-refractivity contribution in [3.63, 3.8) is 0 Å². The van der Waals surface area contributed by atoms with Crippen molar-refractivity contribution in [1.82, 2.24) is 19.8 Å². The molecule has 41 heavy (non-hydrogen) atoms. The van der Waals surface area contributed by atoms with Crippen LogP contribution in [-0.4, -0.2) is 58.5 Å². The Morgan fingerprint density at radius 3 is 2.68 bits per heavy atom. The lowest BCUT2D eigenvalue weighted by Crippen LogP contribution is -2.42. The smallest absolute Gasteiger partial charge is 0.407 e. The highest BCUT2D eigenvalue weighted by atomic mass is 19.1. The summed E-state index contributed by atoms with van der Waals surface area (Å²) in [6.45, 7) is 3.76. The predicted octanol–water partition coefficient (Wildman–Crippen LogP) is 4.26. The number of Topliss-reactive ketones (excluding diaryl/α,β-unsaturated/α-hetero) is 1. The van der Waals surface area contributed by atoms with Crippen molar-refractivity contribution in [2.45, 2.75) is 64.5 Å². The van der Waals surface area contributed by atoms with Crippen LogP contribution in [0.5, 0.6) is 0 Å². The Hall–Kier alpha value is -4.21. The van der Waals surface area contributed by atoms with E-state index in [1.54, 1.807) is 29.3 Å². The Morgan fingerprint density at radius 2 is 1.95 bits per heavy atom. The molecule has 3 heterocycles. The molecular formula is C31H37FN4O5. The Bertz CT molecular complexity index is 1490. The number of aromatic amines is 1. The number of likely N-dealkylation sites (tertiary alicyclic amines) is 1. The molecule has 4 rings (SSSR count). The van der Waals surface area contributed by atoms with Crippen molar-refractivity contribution in [1.29, 1.82) is 0 Å². The second kappa shape index (κ2) is 13.9. The average Bonchev–Trinajstić information content (AvgIpc) is 3.63. The van der Waals surface area contributed by atoms with Crippen LogP contribution in [0, 0.1) is 5.82 Å². The van der Waals surface area contributed by atoms with Crippen molar-refractivity contribution in [2.75, 3.05) is 20.2 Å². The molecule has 2 N–H and O–H groups in total. The van der Waals surface area contributed by atoms with Crippen LogP contribution < -0.4 is 10.9 Å². The van der Waals surface area contributed by atoms with Gasteiger partial charge >= 0.3 is 6.09 Å². The Morgan fingerprint density at radius 1 is 1.17 bits per heavy atom. The van der Waals surface area contributed by atoms with E-state index in [2.05, 4.69) is 15.0 Å². The molecule has 1 fully saturated rings. The number of carbonyl (C=O) groups excluding carboxylic acids is 3. The number of ether oxygens (including phenoxy) is 1. The minimum Gasteiger partial charge on any atom is -0.453 e. The summed E-state index contributed by atoms with van der Waals surface area (Å²) in [5, 5.41) is 3.30. The lowest BCUT2D eigenvalue weighted by molar-refractivity contribution is -0.125. The Balaban J connectivity index is 1.45. The number of halogens is 1. The molecule has 0 saturated carbocycles. The third-order valence-corrected chi connectivity index (χ3v) is 7.32. The van der Waals surface area contributed by atoms with Gasteiger partial charge in [0.05, 0.1) is 19.7 Å². The molecule has 1 atom stereocenters. The number of alkyl carbamates (subject to hydrolysis) is 1. The molecule has 218 valence electrons. The maximum atomic E-state index is 14.1. The van der Waals surface area contributed by atoms with Gasteiger partial charge in [-0.3, -0.25) is 14.4 Å². The summed E-state index contributed by atoms with van der Waals surface area (Å²) in [5.41, 5.74) is 2.46. The van der Waals surface area contributed by atoms with Crippen molar-refractivity contribution in [2.24, 2.45) is 0 Å². The number of hydrogen-bond donors (Lipinski definition) is 2. The number of methoxy groups -OCH3 is 1. The highest BCUT2D eigenvalue weighted by molar-refractivity contribution is 5.89. The van der Waals surface area contributed by atoms with Gasteiger partial charge in [-0.25, -0.2) is 9.18 Å². The van der Waals surface area contributed by atoms with E-state index in [4.69, 9.17) is 0 Å². The van der Waals surface area contributed by atoms with E-state index in [0.29, 0.717) is 12.0 Å². The number of pyridine rings is 1. The minimum atomic E-state index is -0.886. The molecule has 3 aromatic rings. The second-order valence-electron chi connectivity index (χ2n) is 10.4. The first kappa shape index (κ1) is 29.8. The van der Waals surface area contributed by atoms with Crippen molar-refractivity contribution in [3.8, 4) is 0 Å². The first-order valence-corrected chi connectivity index (χ1v) is 14.1. The first-order chi connectivity index (χ1) is 19.8. The fourth-order valence-electron chi connectivity index (χ4n) is 5.23. The molecule has 0 spiro atoms. The van der Waals surface area contributed by atoms with Crippen LogP contribution >= 0.6 is 0 Å². The van der Waals surface area contributed by atoms with E-state index in [9.17, 15) is 23.6 Å². The largest absolute Gasteiger partial charge is 0.453 e. The fourth-order valence-corrected chi connectivity index (χ4v) is 5.23. The van der Waals surface area contributed by atoms with Crippen molar-refractivity contribution >= 4 is 28.7 Å². The Kier molecular flexibility index (Phi) is 10.1. The van der Waals surface area contributed by atoms with Crippen LogP contribution in [0.25, 0.3) is 10.9 Å². The van der Waals surface area contributed by atoms with Crippen LogP contribution in [0.1, 0.15) is 55.8 Å². The number of carbonyl (C=O) groups is 3. The molecule has 1 saturated heterocycles. The summed E-state index contributed by atoms with van der Waals surface area (Å²) >= 11 is 0. The normalized spacial score (nSPS) is 14.1. The van der Waals surface area contributed by atoms with Gasteiger partial charge in [0.25, 0.3) is 5.56 Å². The van der Waals surface area contributed by atoms with Gasteiger partial charge in [-0.1, -0.05) is 25.5 Å². The number of amides is 2. The summed E-state index contributed by atoms with van der Waals surface area (Å²) < 4.78 is 20.3. The monoisotopic (exact) mass is 564 g/mol. The maximum Gasteiger partial charge on any atom is 0.407 e. The summed E-state index contributed by atoms with van der Waals surface area (Å²) in [6, 6.07) is 7.25. The lowest BCUT2D eigenvalue weighted by Gasteiger charge is -2.16. The van der Waals surface area contributed by atoms with Gasteiger partial charge in [0, 0.05) is 47.9 Å². The van der Waals surface area contributed by atoms with E-state index in [0.717, 1.165) is 60.9 Å².